The first kappa shape index (κ1) is 9.90. The molecule has 3 heterocycles. The van der Waals surface area contributed by atoms with Gasteiger partial charge in [-0.3, -0.25) is 9.20 Å². The van der Waals surface area contributed by atoms with Gasteiger partial charge in [0.2, 0.25) is 0 Å². The third-order valence-corrected chi connectivity index (χ3v) is 4.32. The second kappa shape index (κ2) is 3.94. The van der Waals surface area contributed by atoms with Gasteiger partial charge in [0.05, 0.1) is 22.7 Å². The highest BCUT2D eigenvalue weighted by Gasteiger charge is 2.22. The van der Waals surface area contributed by atoms with Crippen LogP contribution in [0.1, 0.15) is 34.4 Å². The van der Waals surface area contributed by atoms with Crippen LogP contribution < -0.4 is 0 Å². The van der Waals surface area contributed by atoms with Crippen molar-refractivity contribution in [3.05, 3.63) is 35.9 Å². The standard InChI is InChI=1S/C12H12N2OS/c15-8-10-4-1-3-9-7-13-12(14(9)10)11-5-2-6-16-11/h1,3-4,7-8,11H,2,5-6H2. The van der Waals surface area contributed by atoms with Gasteiger partial charge in [-0.25, -0.2) is 4.98 Å². The van der Waals surface area contributed by atoms with Gasteiger partial charge < -0.3 is 0 Å². The Bertz CT molecular complexity index is 529. The first-order chi connectivity index (χ1) is 7.90. The molecule has 1 saturated heterocycles. The molecule has 3 rings (SSSR count). The lowest BCUT2D eigenvalue weighted by atomic mass is 10.2. The topological polar surface area (TPSA) is 34.4 Å². The summed E-state index contributed by atoms with van der Waals surface area (Å²) in [6, 6.07) is 5.72. The molecular weight excluding hydrogens is 220 g/mol. The van der Waals surface area contributed by atoms with Gasteiger partial charge in [0.15, 0.2) is 6.29 Å². The Morgan fingerprint density at radius 3 is 3.19 bits per heavy atom. The van der Waals surface area contributed by atoms with Crippen LogP contribution in [0.25, 0.3) is 5.52 Å². The van der Waals surface area contributed by atoms with E-state index < -0.39 is 0 Å². The van der Waals surface area contributed by atoms with Crippen molar-refractivity contribution in [2.45, 2.75) is 18.1 Å². The van der Waals surface area contributed by atoms with Crippen LogP contribution in [0.5, 0.6) is 0 Å². The van der Waals surface area contributed by atoms with Crippen molar-refractivity contribution in [2.24, 2.45) is 0 Å². The van der Waals surface area contributed by atoms with Crippen LogP contribution in [0.2, 0.25) is 0 Å². The zero-order valence-corrected chi connectivity index (χ0v) is 9.61. The summed E-state index contributed by atoms with van der Waals surface area (Å²) in [7, 11) is 0. The number of pyridine rings is 1. The van der Waals surface area contributed by atoms with Crippen LogP contribution in [0.4, 0.5) is 0 Å². The predicted octanol–water partition coefficient (Wildman–Crippen LogP) is 2.71. The summed E-state index contributed by atoms with van der Waals surface area (Å²) in [4.78, 5) is 15.5. The number of imidazole rings is 1. The van der Waals surface area contributed by atoms with E-state index in [9.17, 15) is 4.79 Å². The third-order valence-electron chi connectivity index (χ3n) is 2.95. The lowest BCUT2D eigenvalue weighted by Crippen LogP contribution is -2.02. The summed E-state index contributed by atoms with van der Waals surface area (Å²) in [6.45, 7) is 0. The molecule has 1 aliphatic heterocycles. The maximum Gasteiger partial charge on any atom is 0.166 e. The van der Waals surface area contributed by atoms with Crippen LogP contribution in [0.15, 0.2) is 24.4 Å². The van der Waals surface area contributed by atoms with E-state index in [0.29, 0.717) is 10.9 Å². The molecule has 4 heteroatoms. The summed E-state index contributed by atoms with van der Waals surface area (Å²) in [5.74, 6) is 2.23. The van der Waals surface area contributed by atoms with Crippen LogP contribution >= 0.6 is 11.8 Å². The molecule has 16 heavy (non-hydrogen) atoms. The SMILES string of the molecule is O=Cc1cccc2cnc(C3CCCS3)n12. The predicted molar refractivity (Wildman–Crippen MR) is 65.0 cm³/mol. The van der Waals surface area contributed by atoms with Crippen LogP contribution in [-0.2, 0) is 0 Å². The Morgan fingerprint density at radius 2 is 2.44 bits per heavy atom. The molecule has 0 aliphatic carbocycles. The van der Waals surface area contributed by atoms with Gasteiger partial charge in [-0.1, -0.05) is 6.07 Å². The second-order valence-corrected chi connectivity index (χ2v) is 5.26. The number of carbonyl (C=O) groups is 1. The zero-order valence-electron chi connectivity index (χ0n) is 8.80. The molecule has 0 N–H and O–H groups in total. The summed E-state index contributed by atoms with van der Waals surface area (Å²) >= 11 is 1.93. The molecule has 3 nitrogen and oxygen atoms in total. The van der Waals surface area contributed by atoms with E-state index in [1.165, 1.54) is 12.2 Å². The Morgan fingerprint density at radius 1 is 1.50 bits per heavy atom. The Labute approximate surface area is 97.9 Å². The molecule has 2 aromatic heterocycles. The van der Waals surface area contributed by atoms with E-state index >= 15 is 0 Å². The second-order valence-electron chi connectivity index (χ2n) is 3.95. The van der Waals surface area contributed by atoms with Crippen molar-refractivity contribution in [3.63, 3.8) is 0 Å². The molecule has 0 aromatic carbocycles. The highest BCUT2D eigenvalue weighted by Crippen LogP contribution is 2.39. The molecule has 0 bridgehead atoms. The van der Waals surface area contributed by atoms with Crippen molar-refractivity contribution < 1.29 is 4.79 Å². The largest absolute Gasteiger partial charge is 0.296 e. The van der Waals surface area contributed by atoms with Gasteiger partial charge in [-0.2, -0.15) is 11.8 Å². The fourth-order valence-corrected chi connectivity index (χ4v) is 3.47. The normalized spacial score (nSPS) is 20.4. The summed E-state index contributed by atoms with van der Waals surface area (Å²) in [5.41, 5.74) is 1.70. The maximum atomic E-state index is 11.0. The fraction of sp³-hybridized carbons (Fsp3) is 0.333. The zero-order chi connectivity index (χ0) is 11.0. The van der Waals surface area contributed by atoms with Gasteiger partial charge in [0.1, 0.15) is 5.82 Å². The average molecular weight is 232 g/mol. The number of aromatic nitrogens is 2. The number of hydrogen-bond donors (Lipinski definition) is 0. The smallest absolute Gasteiger partial charge is 0.166 e. The van der Waals surface area contributed by atoms with Crippen LogP contribution in [0.3, 0.4) is 0 Å². The summed E-state index contributed by atoms with van der Waals surface area (Å²) < 4.78 is 1.98. The molecule has 82 valence electrons. The molecule has 1 aliphatic rings. The molecule has 0 spiro atoms. The van der Waals surface area contributed by atoms with E-state index in [1.54, 1.807) is 0 Å². The molecule has 1 unspecified atom stereocenters. The molecule has 2 aromatic rings. The van der Waals surface area contributed by atoms with Gasteiger partial charge >= 0.3 is 0 Å². The van der Waals surface area contributed by atoms with Crippen LogP contribution in [-0.4, -0.2) is 21.4 Å². The van der Waals surface area contributed by atoms with E-state index in [0.717, 1.165) is 24.0 Å². The Balaban J connectivity index is 2.20. The lowest BCUT2D eigenvalue weighted by molar-refractivity contribution is 0.111. The fourth-order valence-electron chi connectivity index (χ4n) is 2.20. The van der Waals surface area contributed by atoms with Crippen molar-refractivity contribution in [3.8, 4) is 0 Å². The van der Waals surface area contributed by atoms with Crippen LogP contribution in [0, 0.1) is 0 Å². The number of fused-ring (bicyclic) bond motifs is 1. The quantitative estimate of drug-likeness (QED) is 0.747. The van der Waals surface area contributed by atoms with Crippen molar-refractivity contribution in [2.75, 3.05) is 5.75 Å². The minimum Gasteiger partial charge on any atom is -0.296 e. The molecule has 0 amide bonds. The van der Waals surface area contributed by atoms with Gasteiger partial charge in [-0.15, -0.1) is 0 Å². The molecule has 0 saturated carbocycles. The molecule has 0 radical (unpaired) electrons. The average Bonchev–Trinajstić information content (AvgIpc) is 2.96. The van der Waals surface area contributed by atoms with Crippen molar-refractivity contribution in [1.29, 1.82) is 0 Å². The lowest BCUT2D eigenvalue weighted by Gasteiger charge is -2.08. The van der Waals surface area contributed by atoms with Gasteiger partial charge in [-0.05, 0) is 30.7 Å². The third kappa shape index (κ3) is 1.45. The minimum absolute atomic E-state index is 0.448. The van der Waals surface area contributed by atoms with Crippen molar-refractivity contribution >= 4 is 23.6 Å². The number of hydrogen-bond acceptors (Lipinski definition) is 3. The minimum atomic E-state index is 0.448. The maximum absolute atomic E-state index is 11.0. The first-order valence-corrected chi connectivity index (χ1v) is 6.48. The van der Waals surface area contributed by atoms with Gasteiger partial charge in [0, 0.05) is 0 Å². The Hall–Kier alpha value is -1.29. The Kier molecular flexibility index (Phi) is 2.44. The highest BCUT2D eigenvalue weighted by atomic mass is 32.2. The number of thioether (sulfide) groups is 1. The monoisotopic (exact) mass is 232 g/mol. The molecular formula is C12H12N2OS. The van der Waals surface area contributed by atoms with E-state index in [1.807, 2.05) is 40.6 Å². The van der Waals surface area contributed by atoms with E-state index in [-0.39, 0.29) is 0 Å². The van der Waals surface area contributed by atoms with E-state index in [4.69, 9.17) is 0 Å². The highest BCUT2D eigenvalue weighted by molar-refractivity contribution is 7.99. The number of rotatable bonds is 2. The van der Waals surface area contributed by atoms with Crippen molar-refractivity contribution in [1.82, 2.24) is 9.38 Å². The molecule has 1 atom stereocenters. The molecule has 1 fully saturated rings. The summed E-state index contributed by atoms with van der Waals surface area (Å²) in [6.07, 6.45) is 5.16. The number of carbonyl (C=O) groups excluding carboxylic acids is 1. The van der Waals surface area contributed by atoms with E-state index in [2.05, 4.69) is 4.98 Å². The first-order valence-electron chi connectivity index (χ1n) is 5.43. The number of nitrogens with zero attached hydrogens (tertiary/aromatic N) is 2. The number of aldehydes is 1. The van der Waals surface area contributed by atoms with Gasteiger partial charge in [0.25, 0.3) is 0 Å². The summed E-state index contributed by atoms with van der Waals surface area (Å²) in [5, 5.41) is 0.448.